The normalized spacial score (nSPS) is 12.1. The van der Waals surface area contributed by atoms with Crippen LogP contribution in [-0.4, -0.2) is 9.13 Å². The zero-order valence-electron chi connectivity index (χ0n) is 21.0. The van der Waals surface area contributed by atoms with Crippen LogP contribution in [0, 0.1) is 0 Å². The van der Waals surface area contributed by atoms with Crippen molar-refractivity contribution in [3.63, 3.8) is 0 Å². The summed E-state index contributed by atoms with van der Waals surface area (Å²) in [5.74, 6) is 0. The van der Waals surface area contributed by atoms with Gasteiger partial charge < -0.3 is 13.6 Å². The lowest BCUT2D eigenvalue weighted by atomic mass is 10.1. The van der Waals surface area contributed by atoms with Crippen molar-refractivity contribution >= 4 is 65.6 Å². The van der Waals surface area contributed by atoms with E-state index in [2.05, 4.69) is 137 Å². The monoisotopic (exact) mass is 498 g/mol. The lowest BCUT2D eigenvalue weighted by Crippen LogP contribution is -1.96. The molecule has 0 fully saturated rings. The van der Waals surface area contributed by atoms with Gasteiger partial charge in [0.15, 0.2) is 5.58 Å². The number of benzene rings is 6. The second kappa shape index (κ2) is 7.62. The molecule has 3 nitrogen and oxygen atoms in total. The van der Waals surface area contributed by atoms with E-state index in [1.165, 1.54) is 38.3 Å². The van der Waals surface area contributed by atoms with E-state index in [0.717, 1.165) is 38.7 Å². The fraction of sp³-hybridized carbons (Fsp3) is 0. The summed E-state index contributed by atoms with van der Waals surface area (Å²) in [6.07, 6.45) is 0. The molecule has 0 amide bonds. The Balaban J connectivity index is 1.37. The zero-order valence-corrected chi connectivity index (χ0v) is 21.0. The van der Waals surface area contributed by atoms with Gasteiger partial charge in [-0.25, -0.2) is 0 Å². The molecule has 0 spiro atoms. The highest BCUT2D eigenvalue weighted by Gasteiger charge is 2.20. The number of aromatic nitrogens is 2. The van der Waals surface area contributed by atoms with Crippen molar-refractivity contribution in [3.05, 3.63) is 133 Å². The molecular weight excluding hydrogens is 476 g/mol. The third kappa shape index (κ3) is 2.82. The number of fused-ring (bicyclic) bond motifs is 9. The maximum absolute atomic E-state index is 6.40. The lowest BCUT2D eigenvalue weighted by molar-refractivity contribution is 0.673. The van der Waals surface area contributed by atoms with Crippen LogP contribution in [-0.2, 0) is 0 Å². The molecule has 3 heteroatoms. The predicted molar refractivity (Wildman–Crippen MR) is 162 cm³/mol. The molecule has 0 N–H and O–H groups in total. The van der Waals surface area contributed by atoms with Gasteiger partial charge in [0.25, 0.3) is 0 Å². The Hall–Kier alpha value is -5.28. The van der Waals surface area contributed by atoms with Crippen LogP contribution in [0.1, 0.15) is 0 Å². The van der Waals surface area contributed by atoms with E-state index in [0.29, 0.717) is 0 Å². The zero-order chi connectivity index (χ0) is 25.5. The van der Waals surface area contributed by atoms with Crippen molar-refractivity contribution in [2.75, 3.05) is 0 Å². The molecular formula is C36H22N2O. The van der Waals surface area contributed by atoms with Crippen LogP contribution < -0.4 is 0 Å². The van der Waals surface area contributed by atoms with Crippen LogP contribution in [0.15, 0.2) is 138 Å². The summed E-state index contributed by atoms with van der Waals surface area (Å²) in [4.78, 5) is 0. The standard InChI is InChI=1S/C36H22N2O/c1-2-10-24-21-25(18-17-23(24)9-1)37-31-14-6-3-11-27(31)30-22-26(19-20-33(30)37)38-32-15-7-4-12-28(32)36-35(38)29-13-5-8-16-34(29)39-36/h1-22H. The van der Waals surface area contributed by atoms with E-state index >= 15 is 0 Å². The summed E-state index contributed by atoms with van der Waals surface area (Å²) >= 11 is 0. The smallest absolute Gasteiger partial charge is 0.161 e. The van der Waals surface area contributed by atoms with Crippen LogP contribution in [0.25, 0.3) is 76.9 Å². The van der Waals surface area contributed by atoms with Gasteiger partial charge in [0, 0.05) is 32.9 Å². The largest absolute Gasteiger partial charge is 0.454 e. The van der Waals surface area contributed by atoms with Gasteiger partial charge in [-0.15, -0.1) is 0 Å². The van der Waals surface area contributed by atoms with Gasteiger partial charge >= 0.3 is 0 Å². The van der Waals surface area contributed by atoms with Crippen LogP contribution in [0.3, 0.4) is 0 Å². The molecule has 3 heterocycles. The van der Waals surface area contributed by atoms with Crippen molar-refractivity contribution in [2.45, 2.75) is 0 Å². The first-order valence-corrected chi connectivity index (χ1v) is 13.3. The van der Waals surface area contributed by atoms with Gasteiger partial charge in [0.05, 0.1) is 16.6 Å². The van der Waals surface area contributed by atoms with E-state index < -0.39 is 0 Å². The fourth-order valence-electron chi connectivity index (χ4n) is 6.38. The van der Waals surface area contributed by atoms with Crippen LogP contribution >= 0.6 is 0 Å². The number of rotatable bonds is 2. The van der Waals surface area contributed by atoms with Crippen LogP contribution in [0.4, 0.5) is 0 Å². The molecule has 3 aromatic heterocycles. The SMILES string of the molecule is c1ccc2cc(-n3c4ccccc4c4cc(-n5c6ccccc6c6oc7ccccc7c65)ccc43)ccc2c1. The highest BCUT2D eigenvalue weighted by molar-refractivity contribution is 6.17. The number of nitrogens with zero attached hydrogens (tertiary/aromatic N) is 2. The van der Waals surface area contributed by atoms with E-state index in [-0.39, 0.29) is 0 Å². The summed E-state index contributed by atoms with van der Waals surface area (Å²) in [5.41, 5.74) is 8.81. The summed E-state index contributed by atoms with van der Waals surface area (Å²) < 4.78 is 11.1. The molecule has 0 unspecified atom stereocenters. The first-order valence-electron chi connectivity index (χ1n) is 13.3. The lowest BCUT2D eigenvalue weighted by Gasteiger charge is -2.11. The summed E-state index contributed by atoms with van der Waals surface area (Å²) in [5, 5.41) is 7.22. The van der Waals surface area contributed by atoms with Crippen LogP contribution in [0.5, 0.6) is 0 Å². The van der Waals surface area contributed by atoms with Gasteiger partial charge in [0.2, 0.25) is 0 Å². The molecule has 0 saturated heterocycles. The molecule has 182 valence electrons. The highest BCUT2D eigenvalue weighted by Crippen LogP contribution is 2.40. The topological polar surface area (TPSA) is 23.0 Å². The van der Waals surface area contributed by atoms with Gasteiger partial charge in [-0.3, -0.25) is 0 Å². The number of hydrogen-bond donors (Lipinski definition) is 0. The molecule has 0 atom stereocenters. The Labute approximate surface area is 223 Å². The third-order valence-electron chi connectivity index (χ3n) is 8.09. The molecule has 0 aliphatic heterocycles. The minimum atomic E-state index is 0.913. The fourth-order valence-corrected chi connectivity index (χ4v) is 6.38. The first-order chi connectivity index (χ1) is 19.3. The van der Waals surface area contributed by atoms with E-state index in [9.17, 15) is 0 Å². The minimum absolute atomic E-state index is 0.913. The maximum atomic E-state index is 6.40. The minimum Gasteiger partial charge on any atom is -0.454 e. The highest BCUT2D eigenvalue weighted by atomic mass is 16.3. The second-order valence-electron chi connectivity index (χ2n) is 10.2. The Bertz CT molecular complexity index is 2390. The summed E-state index contributed by atoms with van der Waals surface area (Å²) in [7, 11) is 0. The Morgan fingerprint density at radius 2 is 1.03 bits per heavy atom. The summed E-state index contributed by atoms with van der Waals surface area (Å²) in [6, 6.07) is 47.7. The van der Waals surface area contributed by atoms with E-state index in [4.69, 9.17) is 4.42 Å². The molecule has 0 radical (unpaired) electrons. The molecule has 0 saturated carbocycles. The van der Waals surface area contributed by atoms with Gasteiger partial charge in [0.1, 0.15) is 11.1 Å². The van der Waals surface area contributed by atoms with Gasteiger partial charge in [-0.1, -0.05) is 72.8 Å². The number of para-hydroxylation sites is 3. The van der Waals surface area contributed by atoms with Crippen molar-refractivity contribution in [1.82, 2.24) is 9.13 Å². The third-order valence-corrected chi connectivity index (χ3v) is 8.09. The van der Waals surface area contributed by atoms with Crippen molar-refractivity contribution in [3.8, 4) is 11.4 Å². The Kier molecular flexibility index (Phi) is 4.05. The number of furan rings is 1. The molecule has 9 aromatic rings. The molecule has 39 heavy (non-hydrogen) atoms. The van der Waals surface area contributed by atoms with E-state index in [1.807, 2.05) is 6.07 Å². The van der Waals surface area contributed by atoms with Crippen molar-refractivity contribution in [2.24, 2.45) is 0 Å². The van der Waals surface area contributed by atoms with Crippen molar-refractivity contribution in [1.29, 1.82) is 0 Å². The number of hydrogen-bond acceptors (Lipinski definition) is 1. The van der Waals surface area contributed by atoms with E-state index in [1.54, 1.807) is 0 Å². The summed E-state index contributed by atoms with van der Waals surface area (Å²) in [6.45, 7) is 0. The predicted octanol–water partition coefficient (Wildman–Crippen LogP) is 9.78. The average molecular weight is 499 g/mol. The molecule has 0 aliphatic carbocycles. The molecule has 0 aliphatic rings. The molecule has 0 bridgehead atoms. The first kappa shape index (κ1) is 20.7. The quantitative estimate of drug-likeness (QED) is 0.233. The van der Waals surface area contributed by atoms with Gasteiger partial charge in [-0.2, -0.15) is 0 Å². The van der Waals surface area contributed by atoms with Crippen LogP contribution in [0.2, 0.25) is 0 Å². The average Bonchev–Trinajstić information content (AvgIpc) is 3.64. The Morgan fingerprint density at radius 1 is 0.410 bits per heavy atom. The molecule has 9 rings (SSSR count). The second-order valence-corrected chi connectivity index (χ2v) is 10.2. The maximum Gasteiger partial charge on any atom is 0.161 e. The molecule has 6 aromatic carbocycles. The van der Waals surface area contributed by atoms with Crippen molar-refractivity contribution < 1.29 is 4.42 Å². The van der Waals surface area contributed by atoms with Gasteiger partial charge in [-0.05, 0) is 71.4 Å². The Morgan fingerprint density at radius 3 is 1.90 bits per heavy atom.